The van der Waals surface area contributed by atoms with Gasteiger partial charge in [-0.25, -0.2) is 8.42 Å². The van der Waals surface area contributed by atoms with Crippen LogP contribution in [0.4, 0.5) is 0 Å². The quantitative estimate of drug-likeness (QED) is 0.577. The van der Waals surface area contributed by atoms with Crippen molar-refractivity contribution in [3.05, 3.63) is 0 Å². The number of sulfonamides is 1. The fourth-order valence-corrected chi connectivity index (χ4v) is 5.51. The van der Waals surface area contributed by atoms with Crippen LogP contribution in [0.1, 0.15) is 51.4 Å². The summed E-state index contributed by atoms with van der Waals surface area (Å²) in [5, 5.41) is 0. The van der Waals surface area contributed by atoms with Crippen LogP contribution in [0.25, 0.3) is 0 Å². The molecule has 1 heterocycles. The molecule has 2 atom stereocenters. The van der Waals surface area contributed by atoms with Crippen LogP contribution in [0.2, 0.25) is 0 Å². The first-order chi connectivity index (χ1) is 8.65. The van der Waals surface area contributed by atoms with Gasteiger partial charge in [0, 0.05) is 18.5 Å². The first kappa shape index (κ1) is 14.6. The van der Waals surface area contributed by atoms with Gasteiger partial charge in [0.05, 0.1) is 5.75 Å². The van der Waals surface area contributed by atoms with Crippen molar-refractivity contribution >= 4 is 21.6 Å². The summed E-state index contributed by atoms with van der Waals surface area (Å²) >= 11 is 5.62. The van der Waals surface area contributed by atoms with Crippen molar-refractivity contribution in [3.63, 3.8) is 0 Å². The van der Waals surface area contributed by atoms with Gasteiger partial charge in [-0.05, 0) is 44.4 Å². The van der Waals surface area contributed by atoms with E-state index in [0.29, 0.717) is 24.3 Å². The lowest BCUT2D eigenvalue weighted by molar-refractivity contribution is 0.129. The Hall–Kier alpha value is 0.200. The van der Waals surface area contributed by atoms with Crippen molar-refractivity contribution in [2.24, 2.45) is 5.92 Å². The van der Waals surface area contributed by atoms with Gasteiger partial charge in [-0.3, -0.25) is 0 Å². The summed E-state index contributed by atoms with van der Waals surface area (Å²) < 4.78 is 26.6. The van der Waals surface area contributed by atoms with Gasteiger partial charge < -0.3 is 0 Å². The van der Waals surface area contributed by atoms with E-state index in [0.717, 1.165) is 25.8 Å². The molecule has 2 aliphatic rings. The van der Waals surface area contributed by atoms with E-state index in [1.807, 2.05) is 4.31 Å². The highest BCUT2D eigenvalue weighted by molar-refractivity contribution is 7.89. The average Bonchev–Trinajstić information content (AvgIpc) is 2.38. The van der Waals surface area contributed by atoms with Crippen molar-refractivity contribution < 1.29 is 8.42 Å². The Morgan fingerprint density at radius 3 is 2.56 bits per heavy atom. The van der Waals surface area contributed by atoms with E-state index >= 15 is 0 Å². The second kappa shape index (κ2) is 6.58. The van der Waals surface area contributed by atoms with Crippen molar-refractivity contribution in [1.29, 1.82) is 0 Å². The SMILES string of the molecule is O=S(=O)(CCCCCl)N1CCC[C@H]2CCCC[C@H]21. The molecule has 1 saturated heterocycles. The van der Waals surface area contributed by atoms with E-state index in [1.54, 1.807) is 0 Å². The van der Waals surface area contributed by atoms with Crippen LogP contribution in [0.15, 0.2) is 0 Å². The van der Waals surface area contributed by atoms with Gasteiger partial charge in [0.25, 0.3) is 0 Å². The molecule has 18 heavy (non-hydrogen) atoms. The largest absolute Gasteiger partial charge is 0.214 e. The molecule has 0 aromatic rings. The minimum Gasteiger partial charge on any atom is -0.212 e. The Morgan fingerprint density at radius 2 is 1.78 bits per heavy atom. The van der Waals surface area contributed by atoms with Crippen LogP contribution >= 0.6 is 11.6 Å². The molecule has 0 aromatic heterocycles. The normalized spacial score (nSPS) is 30.1. The zero-order chi connectivity index (χ0) is 13.0. The molecule has 0 radical (unpaired) electrons. The van der Waals surface area contributed by atoms with Gasteiger partial charge in [0.1, 0.15) is 0 Å². The predicted octanol–water partition coefficient (Wildman–Crippen LogP) is 2.99. The van der Waals surface area contributed by atoms with E-state index in [-0.39, 0.29) is 5.75 Å². The summed E-state index contributed by atoms with van der Waals surface area (Å²) in [7, 11) is -3.05. The van der Waals surface area contributed by atoms with Crippen LogP contribution in [-0.4, -0.2) is 36.9 Å². The van der Waals surface area contributed by atoms with Gasteiger partial charge in [0.15, 0.2) is 0 Å². The number of halogens is 1. The lowest BCUT2D eigenvalue weighted by Crippen LogP contribution is -2.50. The molecular formula is C13H24ClNO2S. The first-order valence-corrected chi connectivity index (χ1v) is 9.35. The third-order valence-corrected chi connectivity index (χ3v) is 6.58. The number of hydrogen-bond donors (Lipinski definition) is 0. The highest BCUT2D eigenvalue weighted by Crippen LogP contribution is 2.36. The molecule has 0 aromatic carbocycles. The van der Waals surface area contributed by atoms with Gasteiger partial charge in [-0.1, -0.05) is 12.8 Å². The van der Waals surface area contributed by atoms with Gasteiger partial charge in [0.2, 0.25) is 10.0 Å². The molecule has 5 heteroatoms. The van der Waals surface area contributed by atoms with Crippen molar-refractivity contribution in [1.82, 2.24) is 4.31 Å². The number of rotatable bonds is 5. The molecule has 3 nitrogen and oxygen atoms in total. The zero-order valence-corrected chi connectivity index (χ0v) is 12.6. The molecule has 1 aliphatic heterocycles. The number of nitrogens with zero attached hydrogens (tertiary/aromatic N) is 1. The zero-order valence-electron chi connectivity index (χ0n) is 11.0. The Morgan fingerprint density at radius 1 is 1.06 bits per heavy atom. The average molecular weight is 294 g/mol. The number of alkyl halides is 1. The van der Waals surface area contributed by atoms with Gasteiger partial charge in [-0.2, -0.15) is 4.31 Å². The van der Waals surface area contributed by atoms with Crippen molar-refractivity contribution in [2.45, 2.75) is 57.4 Å². The van der Waals surface area contributed by atoms with Crippen LogP contribution in [-0.2, 0) is 10.0 Å². The van der Waals surface area contributed by atoms with Gasteiger partial charge >= 0.3 is 0 Å². The minimum absolute atomic E-state index is 0.281. The smallest absolute Gasteiger partial charge is 0.212 e. The van der Waals surface area contributed by atoms with Crippen LogP contribution in [0, 0.1) is 5.92 Å². The molecule has 2 rings (SSSR count). The topological polar surface area (TPSA) is 37.4 Å². The number of fused-ring (bicyclic) bond motifs is 1. The van der Waals surface area contributed by atoms with Crippen molar-refractivity contribution in [2.75, 3.05) is 18.2 Å². The Bertz CT molecular complexity index is 356. The second-order valence-electron chi connectivity index (χ2n) is 5.58. The summed E-state index contributed by atoms with van der Waals surface area (Å²) in [6.07, 6.45) is 8.50. The Labute approximate surface area is 116 Å². The van der Waals surface area contributed by atoms with E-state index < -0.39 is 10.0 Å². The Balaban J connectivity index is 2.00. The molecule has 1 aliphatic carbocycles. The summed E-state index contributed by atoms with van der Waals surface area (Å²) in [4.78, 5) is 0. The minimum atomic E-state index is -3.05. The lowest BCUT2D eigenvalue weighted by atomic mass is 9.79. The molecule has 0 N–H and O–H groups in total. The van der Waals surface area contributed by atoms with Crippen molar-refractivity contribution in [3.8, 4) is 0 Å². The third-order valence-electron chi connectivity index (χ3n) is 4.34. The fourth-order valence-electron chi connectivity index (χ4n) is 3.42. The summed E-state index contributed by atoms with van der Waals surface area (Å²) in [5.41, 5.74) is 0. The number of hydrogen-bond acceptors (Lipinski definition) is 2. The maximum absolute atomic E-state index is 12.4. The number of piperidine rings is 1. The maximum Gasteiger partial charge on any atom is 0.214 e. The van der Waals surface area contributed by atoms with Gasteiger partial charge in [-0.15, -0.1) is 11.6 Å². The van der Waals surface area contributed by atoms with Crippen LogP contribution in [0.3, 0.4) is 0 Å². The molecule has 2 fully saturated rings. The van der Waals surface area contributed by atoms with E-state index in [9.17, 15) is 8.42 Å². The van der Waals surface area contributed by atoms with E-state index in [1.165, 1.54) is 25.7 Å². The second-order valence-corrected chi connectivity index (χ2v) is 8.00. The Kier molecular flexibility index (Phi) is 5.34. The molecule has 0 amide bonds. The van der Waals surface area contributed by atoms with E-state index in [2.05, 4.69) is 0 Å². The highest BCUT2D eigenvalue weighted by Gasteiger charge is 2.38. The predicted molar refractivity (Wildman–Crippen MR) is 75.4 cm³/mol. The maximum atomic E-state index is 12.4. The first-order valence-electron chi connectivity index (χ1n) is 7.20. The number of unbranched alkanes of at least 4 members (excludes halogenated alkanes) is 1. The molecule has 106 valence electrons. The molecule has 0 unspecified atom stereocenters. The molecule has 1 saturated carbocycles. The van der Waals surface area contributed by atoms with E-state index in [4.69, 9.17) is 11.6 Å². The summed E-state index contributed by atoms with van der Waals surface area (Å²) in [5.74, 6) is 1.46. The standard InChI is InChI=1S/C13H24ClNO2S/c14-9-3-4-11-18(16,17)15-10-5-7-12-6-1-2-8-13(12)15/h12-13H,1-11H2/t12-,13-/m1/s1. The summed E-state index contributed by atoms with van der Waals surface area (Å²) in [6, 6.07) is 0.300. The molecule has 0 bridgehead atoms. The third kappa shape index (κ3) is 3.40. The molecular weight excluding hydrogens is 270 g/mol. The monoisotopic (exact) mass is 293 g/mol. The lowest BCUT2D eigenvalue weighted by Gasteiger charge is -2.43. The molecule has 0 spiro atoms. The van der Waals surface area contributed by atoms with Crippen LogP contribution < -0.4 is 0 Å². The van der Waals surface area contributed by atoms with Crippen LogP contribution in [0.5, 0.6) is 0 Å². The fraction of sp³-hybridized carbons (Fsp3) is 1.00. The summed E-state index contributed by atoms with van der Waals surface area (Å²) in [6.45, 7) is 0.740. The highest BCUT2D eigenvalue weighted by atomic mass is 35.5.